The van der Waals surface area contributed by atoms with Crippen LogP contribution in [0.3, 0.4) is 0 Å². The van der Waals surface area contributed by atoms with E-state index >= 15 is 0 Å². The van der Waals surface area contributed by atoms with Crippen molar-refractivity contribution < 1.29 is 8.42 Å². The second-order valence-corrected chi connectivity index (χ2v) is 8.08. The van der Waals surface area contributed by atoms with E-state index in [2.05, 4.69) is 4.90 Å². The van der Waals surface area contributed by atoms with Crippen molar-refractivity contribution in [2.75, 3.05) is 31.9 Å². The van der Waals surface area contributed by atoms with E-state index in [0.29, 0.717) is 29.8 Å². The van der Waals surface area contributed by atoms with Crippen molar-refractivity contribution in [1.29, 1.82) is 0 Å². The van der Waals surface area contributed by atoms with Gasteiger partial charge in [-0.05, 0) is 37.6 Å². The van der Waals surface area contributed by atoms with Gasteiger partial charge in [0.2, 0.25) is 10.0 Å². The number of nitrogens with two attached hydrogens (primary N) is 1. The SMILES string of the molecule is Nc1cc(S(=O)(=O)N2CCN3CCCCC3C2)ccc1Cl. The summed E-state index contributed by atoms with van der Waals surface area (Å²) in [6, 6.07) is 4.87. The second-order valence-electron chi connectivity index (χ2n) is 5.73. The van der Waals surface area contributed by atoms with Gasteiger partial charge in [-0.25, -0.2) is 8.42 Å². The Bertz CT molecular complexity index is 635. The highest BCUT2D eigenvalue weighted by Gasteiger charge is 2.35. The third-order valence-electron chi connectivity index (χ3n) is 4.41. The number of halogens is 1. The van der Waals surface area contributed by atoms with Gasteiger partial charge in [0, 0.05) is 25.7 Å². The lowest BCUT2D eigenvalue weighted by atomic mass is 10.0. The highest BCUT2D eigenvalue weighted by Crippen LogP contribution is 2.28. The summed E-state index contributed by atoms with van der Waals surface area (Å²) in [5.41, 5.74) is 6.03. The van der Waals surface area contributed by atoms with Crippen molar-refractivity contribution in [3.05, 3.63) is 23.2 Å². The molecule has 116 valence electrons. The number of piperazine rings is 1. The van der Waals surface area contributed by atoms with Gasteiger partial charge in [-0.15, -0.1) is 0 Å². The van der Waals surface area contributed by atoms with Crippen LogP contribution in [0.25, 0.3) is 0 Å². The Labute approximate surface area is 130 Å². The number of nitrogens with zero attached hydrogens (tertiary/aromatic N) is 2. The first-order chi connectivity index (χ1) is 9.98. The van der Waals surface area contributed by atoms with Crippen LogP contribution in [0.2, 0.25) is 5.02 Å². The van der Waals surface area contributed by atoms with Crippen molar-refractivity contribution in [2.24, 2.45) is 0 Å². The summed E-state index contributed by atoms with van der Waals surface area (Å²) in [5, 5.41) is 0.381. The Morgan fingerprint density at radius 1 is 1.19 bits per heavy atom. The lowest BCUT2D eigenvalue weighted by Crippen LogP contribution is -2.56. The summed E-state index contributed by atoms with van der Waals surface area (Å²) in [4.78, 5) is 2.64. The summed E-state index contributed by atoms with van der Waals surface area (Å²) < 4.78 is 27.1. The van der Waals surface area contributed by atoms with Crippen molar-refractivity contribution in [3.63, 3.8) is 0 Å². The predicted octanol–water partition coefficient (Wildman–Crippen LogP) is 1.78. The molecule has 0 amide bonds. The van der Waals surface area contributed by atoms with Crippen LogP contribution < -0.4 is 5.73 Å². The molecule has 2 saturated heterocycles. The second kappa shape index (κ2) is 5.76. The molecule has 1 aromatic carbocycles. The minimum atomic E-state index is -3.48. The maximum atomic E-state index is 12.7. The Morgan fingerprint density at radius 3 is 2.76 bits per heavy atom. The lowest BCUT2D eigenvalue weighted by Gasteiger charge is -2.43. The van der Waals surface area contributed by atoms with E-state index in [0.717, 1.165) is 19.5 Å². The third kappa shape index (κ3) is 2.90. The molecule has 0 aromatic heterocycles. The Hall–Kier alpha value is -0.820. The zero-order chi connectivity index (χ0) is 15.0. The molecule has 5 nitrogen and oxygen atoms in total. The van der Waals surface area contributed by atoms with Gasteiger partial charge in [0.1, 0.15) is 0 Å². The summed E-state index contributed by atoms with van der Waals surface area (Å²) in [6.45, 7) is 3.02. The standard InChI is InChI=1S/C14H20ClN3O2S/c15-13-5-4-12(9-14(13)16)21(19,20)18-8-7-17-6-2-1-3-11(17)10-18/h4-5,9,11H,1-3,6-8,10,16H2. The molecule has 7 heteroatoms. The first-order valence-corrected chi connectivity index (χ1v) is 9.09. The smallest absolute Gasteiger partial charge is 0.243 e. The van der Waals surface area contributed by atoms with Gasteiger partial charge in [-0.1, -0.05) is 18.0 Å². The summed E-state index contributed by atoms with van der Waals surface area (Å²) in [7, 11) is -3.48. The molecular weight excluding hydrogens is 310 g/mol. The molecule has 0 aliphatic carbocycles. The molecule has 2 aliphatic heterocycles. The fourth-order valence-corrected chi connectivity index (χ4v) is 4.80. The first-order valence-electron chi connectivity index (χ1n) is 7.28. The quantitative estimate of drug-likeness (QED) is 0.840. The maximum absolute atomic E-state index is 12.7. The molecule has 2 aliphatic rings. The number of benzene rings is 1. The predicted molar refractivity (Wildman–Crippen MR) is 83.8 cm³/mol. The summed E-state index contributed by atoms with van der Waals surface area (Å²) in [5.74, 6) is 0. The van der Waals surface area contributed by atoms with Crippen LogP contribution in [0.5, 0.6) is 0 Å². The van der Waals surface area contributed by atoms with E-state index in [-0.39, 0.29) is 4.90 Å². The minimum absolute atomic E-state index is 0.230. The Balaban J connectivity index is 1.83. The highest BCUT2D eigenvalue weighted by atomic mass is 35.5. The van der Waals surface area contributed by atoms with Crippen molar-refractivity contribution in [2.45, 2.75) is 30.2 Å². The number of sulfonamides is 1. The molecule has 0 spiro atoms. The number of anilines is 1. The van der Waals surface area contributed by atoms with Crippen LogP contribution in [0.1, 0.15) is 19.3 Å². The van der Waals surface area contributed by atoms with Crippen molar-refractivity contribution >= 4 is 27.3 Å². The van der Waals surface area contributed by atoms with Gasteiger partial charge >= 0.3 is 0 Å². The van der Waals surface area contributed by atoms with Crippen molar-refractivity contribution in [1.82, 2.24) is 9.21 Å². The summed E-state index contributed by atoms with van der Waals surface area (Å²) >= 11 is 5.87. The first kappa shape index (κ1) is 15.1. The van der Waals surface area contributed by atoms with E-state index in [1.807, 2.05) is 0 Å². The largest absolute Gasteiger partial charge is 0.397 e. The van der Waals surface area contributed by atoms with Gasteiger partial charge in [0.15, 0.2) is 0 Å². The van der Waals surface area contributed by atoms with Crippen LogP contribution in [0, 0.1) is 0 Å². The average molecular weight is 330 g/mol. The van der Waals surface area contributed by atoms with E-state index in [9.17, 15) is 8.42 Å². The third-order valence-corrected chi connectivity index (χ3v) is 6.61. The van der Waals surface area contributed by atoms with Crippen LogP contribution in [-0.4, -0.2) is 49.8 Å². The molecule has 2 fully saturated rings. The van der Waals surface area contributed by atoms with E-state index in [1.165, 1.54) is 25.0 Å². The number of nitrogen functional groups attached to an aromatic ring is 1. The topological polar surface area (TPSA) is 66.6 Å². The number of hydrogen-bond donors (Lipinski definition) is 1. The molecule has 2 N–H and O–H groups in total. The Kier molecular flexibility index (Phi) is 4.14. The van der Waals surface area contributed by atoms with Gasteiger partial charge < -0.3 is 5.73 Å². The minimum Gasteiger partial charge on any atom is -0.397 e. The van der Waals surface area contributed by atoms with Crippen LogP contribution in [-0.2, 0) is 10.0 Å². The average Bonchev–Trinajstić information content (AvgIpc) is 2.49. The zero-order valence-corrected chi connectivity index (χ0v) is 13.4. The Morgan fingerprint density at radius 2 is 2.00 bits per heavy atom. The van der Waals surface area contributed by atoms with Crippen LogP contribution in [0.15, 0.2) is 23.1 Å². The summed E-state index contributed by atoms with van der Waals surface area (Å²) in [6.07, 6.45) is 3.48. The number of piperidine rings is 1. The van der Waals surface area contributed by atoms with Gasteiger partial charge in [-0.2, -0.15) is 4.31 Å². The van der Waals surface area contributed by atoms with E-state index < -0.39 is 10.0 Å². The zero-order valence-electron chi connectivity index (χ0n) is 11.8. The fraction of sp³-hybridized carbons (Fsp3) is 0.571. The van der Waals surface area contributed by atoms with Crippen molar-refractivity contribution in [3.8, 4) is 0 Å². The molecule has 0 saturated carbocycles. The molecule has 3 rings (SSSR count). The molecule has 1 aromatic rings. The monoisotopic (exact) mass is 329 g/mol. The molecule has 0 radical (unpaired) electrons. The number of fused-ring (bicyclic) bond motifs is 1. The maximum Gasteiger partial charge on any atom is 0.243 e. The molecule has 1 atom stereocenters. The number of rotatable bonds is 2. The van der Waals surface area contributed by atoms with Crippen LogP contribution in [0.4, 0.5) is 5.69 Å². The van der Waals surface area contributed by atoms with Gasteiger partial charge in [-0.3, -0.25) is 4.90 Å². The van der Waals surface area contributed by atoms with Crippen LogP contribution >= 0.6 is 11.6 Å². The van der Waals surface area contributed by atoms with E-state index in [4.69, 9.17) is 17.3 Å². The molecule has 21 heavy (non-hydrogen) atoms. The van der Waals surface area contributed by atoms with Gasteiger partial charge in [0.25, 0.3) is 0 Å². The highest BCUT2D eigenvalue weighted by molar-refractivity contribution is 7.89. The fourth-order valence-electron chi connectivity index (χ4n) is 3.18. The molecule has 1 unspecified atom stereocenters. The van der Waals surface area contributed by atoms with Gasteiger partial charge in [0.05, 0.1) is 15.6 Å². The number of hydrogen-bond acceptors (Lipinski definition) is 4. The van der Waals surface area contributed by atoms with E-state index in [1.54, 1.807) is 10.4 Å². The molecule has 0 bridgehead atoms. The lowest BCUT2D eigenvalue weighted by molar-refractivity contribution is 0.0852. The normalized spacial score (nSPS) is 24.7. The molecular formula is C14H20ClN3O2S. The molecule has 2 heterocycles.